The molecule has 0 aromatic carbocycles. The zero-order valence-corrected chi connectivity index (χ0v) is 12.6. The maximum Gasteiger partial charge on any atom is 0.0623 e. The van der Waals surface area contributed by atoms with Crippen LogP contribution in [0.15, 0.2) is 0 Å². The van der Waals surface area contributed by atoms with Gasteiger partial charge in [0.15, 0.2) is 0 Å². The third kappa shape index (κ3) is 4.71. The largest absolute Gasteiger partial charge is 0.384 e. The Morgan fingerprint density at radius 2 is 2.05 bits per heavy atom. The summed E-state index contributed by atoms with van der Waals surface area (Å²) in [5, 5.41) is 3.63. The Labute approximate surface area is 117 Å². The Balaban J connectivity index is 1.69. The number of ether oxygens (including phenoxy) is 2. The van der Waals surface area contributed by atoms with Crippen LogP contribution in [0.2, 0.25) is 0 Å². The Bertz CT molecular complexity index is 242. The third-order valence-electron chi connectivity index (χ3n) is 4.46. The number of nitrogens with one attached hydrogen (secondary N) is 1. The van der Waals surface area contributed by atoms with Crippen LogP contribution in [0.25, 0.3) is 0 Å². The normalized spacial score (nSPS) is 30.0. The van der Waals surface area contributed by atoms with E-state index in [4.69, 9.17) is 9.47 Å². The third-order valence-corrected chi connectivity index (χ3v) is 4.46. The summed E-state index contributed by atoms with van der Waals surface area (Å²) < 4.78 is 10.9. The molecule has 2 saturated heterocycles. The Morgan fingerprint density at radius 3 is 2.74 bits per heavy atom. The van der Waals surface area contributed by atoms with Crippen molar-refractivity contribution in [2.45, 2.75) is 32.2 Å². The molecule has 2 heterocycles. The van der Waals surface area contributed by atoms with E-state index in [-0.39, 0.29) is 0 Å². The van der Waals surface area contributed by atoms with Gasteiger partial charge in [-0.1, -0.05) is 6.92 Å². The molecule has 0 saturated carbocycles. The molecular formula is C15H30N2O2. The van der Waals surface area contributed by atoms with Crippen LogP contribution in [0.4, 0.5) is 0 Å². The maximum atomic E-state index is 5.66. The lowest BCUT2D eigenvalue weighted by molar-refractivity contribution is 0.0888. The number of rotatable bonds is 7. The molecule has 0 aromatic heterocycles. The van der Waals surface area contributed by atoms with Crippen LogP contribution >= 0.6 is 0 Å². The summed E-state index contributed by atoms with van der Waals surface area (Å²) >= 11 is 0. The molecular weight excluding hydrogens is 240 g/mol. The fraction of sp³-hybridized carbons (Fsp3) is 1.00. The highest BCUT2D eigenvalue weighted by Crippen LogP contribution is 2.21. The standard InChI is InChI=1S/C15H30N2O2/c1-3-6-16-15-12-19-11-14(15)9-17-7-4-13(5-8-17)10-18-2/h13-16H,3-12H2,1-2H3. The Kier molecular flexibility index (Phi) is 6.57. The first kappa shape index (κ1) is 15.2. The fourth-order valence-corrected chi connectivity index (χ4v) is 3.24. The lowest BCUT2D eigenvalue weighted by Crippen LogP contribution is -2.44. The Hall–Kier alpha value is -0.160. The van der Waals surface area contributed by atoms with E-state index in [1.54, 1.807) is 0 Å². The van der Waals surface area contributed by atoms with Gasteiger partial charge in [-0.2, -0.15) is 0 Å². The zero-order valence-electron chi connectivity index (χ0n) is 12.6. The van der Waals surface area contributed by atoms with Crippen molar-refractivity contribution in [3.05, 3.63) is 0 Å². The van der Waals surface area contributed by atoms with E-state index in [0.717, 1.165) is 32.3 Å². The second kappa shape index (κ2) is 8.20. The molecule has 2 unspecified atom stereocenters. The van der Waals surface area contributed by atoms with E-state index in [1.165, 1.54) is 38.9 Å². The highest BCUT2D eigenvalue weighted by Gasteiger charge is 2.30. The lowest BCUT2D eigenvalue weighted by Gasteiger charge is -2.34. The van der Waals surface area contributed by atoms with Crippen molar-refractivity contribution >= 4 is 0 Å². The van der Waals surface area contributed by atoms with Crippen LogP contribution in [0, 0.1) is 11.8 Å². The van der Waals surface area contributed by atoms with Gasteiger partial charge in [0.1, 0.15) is 0 Å². The first-order valence-corrected chi connectivity index (χ1v) is 7.86. The van der Waals surface area contributed by atoms with Gasteiger partial charge in [0, 0.05) is 32.2 Å². The summed E-state index contributed by atoms with van der Waals surface area (Å²) in [4.78, 5) is 2.62. The van der Waals surface area contributed by atoms with E-state index in [1.807, 2.05) is 7.11 Å². The van der Waals surface area contributed by atoms with E-state index in [2.05, 4.69) is 17.1 Å². The van der Waals surface area contributed by atoms with Crippen molar-refractivity contribution in [3.8, 4) is 0 Å². The minimum atomic E-state index is 0.566. The van der Waals surface area contributed by atoms with Gasteiger partial charge in [-0.3, -0.25) is 0 Å². The molecule has 2 fully saturated rings. The molecule has 0 spiro atoms. The van der Waals surface area contributed by atoms with Crippen molar-refractivity contribution in [1.82, 2.24) is 10.2 Å². The molecule has 0 bridgehead atoms. The van der Waals surface area contributed by atoms with Crippen LogP contribution in [0.5, 0.6) is 0 Å². The van der Waals surface area contributed by atoms with Crippen molar-refractivity contribution in [2.24, 2.45) is 11.8 Å². The van der Waals surface area contributed by atoms with Gasteiger partial charge in [-0.05, 0) is 44.8 Å². The van der Waals surface area contributed by atoms with Gasteiger partial charge < -0.3 is 19.7 Å². The smallest absolute Gasteiger partial charge is 0.0623 e. The molecule has 1 N–H and O–H groups in total. The first-order valence-electron chi connectivity index (χ1n) is 7.86. The summed E-state index contributed by atoms with van der Waals surface area (Å²) in [7, 11) is 1.81. The molecule has 2 aliphatic rings. The summed E-state index contributed by atoms with van der Waals surface area (Å²) in [6.45, 7) is 9.74. The average Bonchev–Trinajstić information content (AvgIpc) is 2.86. The zero-order chi connectivity index (χ0) is 13.5. The van der Waals surface area contributed by atoms with Crippen LogP contribution in [-0.4, -0.2) is 64.1 Å². The van der Waals surface area contributed by atoms with Gasteiger partial charge in [0.2, 0.25) is 0 Å². The molecule has 112 valence electrons. The van der Waals surface area contributed by atoms with Crippen molar-refractivity contribution < 1.29 is 9.47 Å². The van der Waals surface area contributed by atoms with E-state index < -0.39 is 0 Å². The molecule has 0 aromatic rings. The molecule has 0 amide bonds. The summed E-state index contributed by atoms with van der Waals surface area (Å²) in [6.07, 6.45) is 3.77. The molecule has 19 heavy (non-hydrogen) atoms. The molecule has 2 rings (SSSR count). The SMILES string of the molecule is CCCNC1COCC1CN1CCC(COC)CC1. The second-order valence-corrected chi connectivity index (χ2v) is 6.06. The number of methoxy groups -OCH3 is 1. The van der Waals surface area contributed by atoms with Gasteiger partial charge >= 0.3 is 0 Å². The number of hydrogen-bond donors (Lipinski definition) is 1. The van der Waals surface area contributed by atoms with Gasteiger partial charge in [0.25, 0.3) is 0 Å². The summed E-state index contributed by atoms with van der Waals surface area (Å²) in [5.74, 6) is 1.45. The molecule has 4 heteroatoms. The number of nitrogens with zero attached hydrogens (tertiary/aromatic N) is 1. The van der Waals surface area contributed by atoms with E-state index in [0.29, 0.717) is 12.0 Å². The van der Waals surface area contributed by atoms with Crippen molar-refractivity contribution in [2.75, 3.05) is 53.1 Å². The summed E-state index contributed by atoms with van der Waals surface area (Å²) in [6, 6.07) is 0.566. The van der Waals surface area contributed by atoms with Gasteiger partial charge in [-0.25, -0.2) is 0 Å². The lowest BCUT2D eigenvalue weighted by atomic mass is 9.95. The molecule has 4 nitrogen and oxygen atoms in total. The monoisotopic (exact) mass is 270 g/mol. The minimum absolute atomic E-state index is 0.566. The van der Waals surface area contributed by atoms with Crippen LogP contribution in [-0.2, 0) is 9.47 Å². The number of likely N-dealkylation sites (tertiary alicyclic amines) is 1. The molecule has 0 radical (unpaired) electrons. The first-order chi connectivity index (χ1) is 9.33. The predicted molar refractivity (Wildman–Crippen MR) is 77.4 cm³/mol. The van der Waals surface area contributed by atoms with Crippen molar-refractivity contribution in [1.29, 1.82) is 0 Å². The van der Waals surface area contributed by atoms with Crippen molar-refractivity contribution in [3.63, 3.8) is 0 Å². The quantitative estimate of drug-likeness (QED) is 0.757. The van der Waals surface area contributed by atoms with Crippen LogP contribution in [0.1, 0.15) is 26.2 Å². The minimum Gasteiger partial charge on any atom is -0.384 e. The molecule has 2 atom stereocenters. The fourth-order valence-electron chi connectivity index (χ4n) is 3.24. The summed E-state index contributed by atoms with van der Waals surface area (Å²) in [5.41, 5.74) is 0. The van der Waals surface area contributed by atoms with Crippen LogP contribution in [0.3, 0.4) is 0 Å². The Morgan fingerprint density at radius 1 is 1.26 bits per heavy atom. The number of hydrogen-bond acceptors (Lipinski definition) is 4. The van der Waals surface area contributed by atoms with Crippen LogP contribution < -0.4 is 5.32 Å². The average molecular weight is 270 g/mol. The highest BCUT2D eigenvalue weighted by atomic mass is 16.5. The van der Waals surface area contributed by atoms with E-state index >= 15 is 0 Å². The highest BCUT2D eigenvalue weighted by molar-refractivity contribution is 4.85. The van der Waals surface area contributed by atoms with Gasteiger partial charge in [0.05, 0.1) is 13.2 Å². The second-order valence-electron chi connectivity index (χ2n) is 6.06. The maximum absolute atomic E-state index is 5.66. The van der Waals surface area contributed by atoms with Gasteiger partial charge in [-0.15, -0.1) is 0 Å². The van der Waals surface area contributed by atoms with E-state index in [9.17, 15) is 0 Å². The molecule has 0 aliphatic carbocycles. The topological polar surface area (TPSA) is 33.7 Å². The number of piperidine rings is 1. The predicted octanol–water partition coefficient (Wildman–Crippen LogP) is 1.36. The molecule has 2 aliphatic heterocycles.